The Morgan fingerprint density at radius 2 is 1.94 bits per heavy atom. The predicted octanol–water partition coefficient (Wildman–Crippen LogP) is 4.31. The maximum absolute atomic E-state index is 3.48. The fourth-order valence-corrected chi connectivity index (χ4v) is 5.16. The summed E-state index contributed by atoms with van der Waals surface area (Å²) in [6.45, 7) is 2.18. The lowest BCUT2D eigenvalue weighted by molar-refractivity contribution is 0.694. The molecule has 0 bridgehead atoms. The molecule has 0 saturated heterocycles. The van der Waals surface area contributed by atoms with Crippen molar-refractivity contribution in [2.45, 2.75) is 38.6 Å². The molecule has 0 aliphatic heterocycles. The quantitative estimate of drug-likeness (QED) is 0.881. The SMILES string of the molecule is CNC(c1ccc(C)s1)c1cc2c(s1)CCCC2. The van der Waals surface area contributed by atoms with Crippen LogP contribution in [-0.2, 0) is 12.8 Å². The van der Waals surface area contributed by atoms with Crippen molar-refractivity contribution in [3.8, 4) is 0 Å². The van der Waals surface area contributed by atoms with Gasteiger partial charge in [-0.1, -0.05) is 0 Å². The molecule has 0 radical (unpaired) electrons. The minimum absolute atomic E-state index is 0.388. The van der Waals surface area contributed by atoms with Gasteiger partial charge in [0.1, 0.15) is 0 Å². The summed E-state index contributed by atoms with van der Waals surface area (Å²) in [6, 6.07) is 7.31. The molecule has 2 aromatic rings. The zero-order chi connectivity index (χ0) is 12.5. The zero-order valence-electron chi connectivity index (χ0n) is 11.0. The second kappa shape index (κ2) is 5.16. The number of aryl methyl sites for hydroxylation is 3. The Morgan fingerprint density at radius 3 is 2.61 bits per heavy atom. The van der Waals surface area contributed by atoms with Crippen LogP contribution < -0.4 is 5.32 Å². The first-order valence-corrected chi connectivity index (χ1v) is 8.26. The zero-order valence-corrected chi connectivity index (χ0v) is 12.6. The second-order valence-corrected chi connectivity index (χ2v) is 7.46. The van der Waals surface area contributed by atoms with Crippen LogP contribution in [0.1, 0.15) is 44.0 Å². The monoisotopic (exact) mass is 277 g/mol. The van der Waals surface area contributed by atoms with E-state index in [4.69, 9.17) is 0 Å². The van der Waals surface area contributed by atoms with E-state index in [9.17, 15) is 0 Å². The van der Waals surface area contributed by atoms with Gasteiger partial charge in [0.2, 0.25) is 0 Å². The van der Waals surface area contributed by atoms with Gasteiger partial charge >= 0.3 is 0 Å². The summed E-state index contributed by atoms with van der Waals surface area (Å²) in [7, 11) is 2.07. The molecule has 2 heterocycles. The Kier molecular flexibility index (Phi) is 3.55. The summed E-state index contributed by atoms with van der Waals surface area (Å²) < 4.78 is 0. The Bertz CT molecular complexity index is 515. The summed E-state index contributed by atoms with van der Waals surface area (Å²) in [5.41, 5.74) is 1.61. The van der Waals surface area contributed by atoms with Crippen molar-refractivity contribution < 1.29 is 0 Å². The van der Waals surface area contributed by atoms with Gasteiger partial charge in [-0.05, 0) is 63.4 Å². The van der Waals surface area contributed by atoms with Gasteiger partial charge in [-0.3, -0.25) is 0 Å². The van der Waals surface area contributed by atoms with Crippen LogP contribution in [0.25, 0.3) is 0 Å². The van der Waals surface area contributed by atoms with E-state index in [-0.39, 0.29) is 0 Å². The van der Waals surface area contributed by atoms with Gasteiger partial charge in [-0.25, -0.2) is 0 Å². The van der Waals surface area contributed by atoms with Crippen molar-refractivity contribution in [1.82, 2.24) is 5.32 Å². The first-order valence-electron chi connectivity index (χ1n) is 6.63. The van der Waals surface area contributed by atoms with E-state index in [0.29, 0.717) is 6.04 Å². The molecule has 1 atom stereocenters. The van der Waals surface area contributed by atoms with Crippen LogP contribution >= 0.6 is 22.7 Å². The van der Waals surface area contributed by atoms with Crippen LogP contribution in [0.5, 0.6) is 0 Å². The van der Waals surface area contributed by atoms with Gasteiger partial charge in [0.25, 0.3) is 0 Å². The van der Waals surface area contributed by atoms with Crippen LogP contribution in [0.15, 0.2) is 18.2 Å². The molecule has 1 N–H and O–H groups in total. The van der Waals surface area contributed by atoms with Gasteiger partial charge in [-0.2, -0.15) is 0 Å². The predicted molar refractivity (Wildman–Crippen MR) is 80.9 cm³/mol. The molecule has 96 valence electrons. The average Bonchev–Trinajstić information content (AvgIpc) is 2.96. The van der Waals surface area contributed by atoms with Gasteiger partial charge in [0, 0.05) is 19.5 Å². The van der Waals surface area contributed by atoms with Gasteiger partial charge < -0.3 is 5.32 Å². The topological polar surface area (TPSA) is 12.0 Å². The molecule has 3 heteroatoms. The Labute approximate surface area is 117 Å². The summed E-state index contributed by atoms with van der Waals surface area (Å²) in [5, 5.41) is 3.48. The van der Waals surface area contributed by atoms with E-state index in [1.54, 1.807) is 10.4 Å². The van der Waals surface area contributed by atoms with Crippen molar-refractivity contribution in [2.24, 2.45) is 0 Å². The van der Waals surface area contributed by atoms with E-state index in [0.717, 1.165) is 0 Å². The average molecular weight is 277 g/mol. The van der Waals surface area contributed by atoms with Crippen molar-refractivity contribution in [3.63, 3.8) is 0 Å². The molecular formula is C15H19NS2. The van der Waals surface area contributed by atoms with Crippen LogP contribution in [0.2, 0.25) is 0 Å². The maximum Gasteiger partial charge on any atom is 0.0762 e. The Balaban J connectivity index is 1.94. The molecule has 3 rings (SSSR count). The Morgan fingerprint density at radius 1 is 1.11 bits per heavy atom. The molecule has 0 saturated carbocycles. The summed E-state index contributed by atoms with van der Waals surface area (Å²) in [4.78, 5) is 5.95. The van der Waals surface area contributed by atoms with Crippen molar-refractivity contribution in [1.29, 1.82) is 0 Å². The Hall–Kier alpha value is -0.640. The van der Waals surface area contributed by atoms with Crippen LogP contribution in [0.4, 0.5) is 0 Å². The van der Waals surface area contributed by atoms with Gasteiger partial charge in [-0.15, -0.1) is 22.7 Å². The first-order chi connectivity index (χ1) is 8.78. The van der Waals surface area contributed by atoms with E-state index in [1.165, 1.54) is 40.3 Å². The lowest BCUT2D eigenvalue weighted by atomic mass is 9.99. The van der Waals surface area contributed by atoms with Crippen LogP contribution in [0, 0.1) is 6.92 Å². The van der Waals surface area contributed by atoms with Crippen molar-refractivity contribution in [2.75, 3.05) is 7.05 Å². The summed E-state index contributed by atoms with van der Waals surface area (Å²) in [6.07, 6.45) is 5.31. The van der Waals surface area contributed by atoms with Crippen molar-refractivity contribution >= 4 is 22.7 Å². The summed E-state index contributed by atoms with van der Waals surface area (Å²) in [5.74, 6) is 0. The molecular weight excluding hydrogens is 258 g/mol. The number of thiophene rings is 2. The van der Waals surface area contributed by atoms with Crippen LogP contribution in [0.3, 0.4) is 0 Å². The van der Waals surface area contributed by atoms with E-state index < -0.39 is 0 Å². The summed E-state index contributed by atoms with van der Waals surface area (Å²) >= 11 is 3.92. The number of fused-ring (bicyclic) bond motifs is 1. The van der Waals surface area contributed by atoms with E-state index >= 15 is 0 Å². The molecule has 0 spiro atoms. The molecule has 1 aliphatic rings. The minimum Gasteiger partial charge on any atom is -0.308 e. The highest BCUT2D eigenvalue weighted by atomic mass is 32.1. The lowest BCUT2D eigenvalue weighted by Crippen LogP contribution is -2.15. The number of hydrogen-bond acceptors (Lipinski definition) is 3. The number of nitrogens with one attached hydrogen (secondary N) is 1. The van der Waals surface area contributed by atoms with Crippen LogP contribution in [-0.4, -0.2) is 7.05 Å². The number of rotatable bonds is 3. The van der Waals surface area contributed by atoms with Gasteiger partial charge in [0.05, 0.1) is 6.04 Å². The fraction of sp³-hybridized carbons (Fsp3) is 0.467. The molecule has 1 aliphatic carbocycles. The molecule has 1 unspecified atom stereocenters. The molecule has 2 aromatic heterocycles. The third-order valence-corrected chi connectivity index (χ3v) is 6.00. The molecule has 0 fully saturated rings. The number of hydrogen-bond donors (Lipinski definition) is 1. The van der Waals surface area contributed by atoms with E-state index in [2.05, 4.69) is 37.5 Å². The molecule has 1 nitrogen and oxygen atoms in total. The first kappa shape index (κ1) is 12.4. The molecule has 0 amide bonds. The van der Waals surface area contributed by atoms with E-state index in [1.807, 2.05) is 22.7 Å². The molecule has 0 aromatic carbocycles. The largest absolute Gasteiger partial charge is 0.308 e. The highest BCUT2D eigenvalue weighted by Crippen LogP contribution is 2.36. The highest BCUT2D eigenvalue weighted by Gasteiger charge is 2.20. The third kappa shape index (κ3) is 2.27. The lowest BCUT2D eigenvalue weighted by Gasteiger charge is -2.12. The van der Waals surface area contributed by atoms with Gasteiger partial charge in [0.15, 0.2) is 0 Å². The maximum atomic E-state index is 3.48. The smallest absolute Gasteiger partial charge is 0.0762 e. The molecule has 18 heavy (non-hydrogen) atoms. The highest BCUT2D eigenvalue weighted by molar-refractivity contribution is 7.13. The minimum atomic E-state index is 0.388. The van der Waals surface area contributed by atoms with Crippen molar-refractivity contribution in [3.05, 3.63) is 43.3 Å². The normalized spacial score (nSPS) is 16.6. The second-order valence-electron chi connectivity index (χ2n) is 4.97. The fourth-order valence-electron chi connectivity index (χ4n) is 2.69. The third-order valence-electron chi connectivity index (χ3n) is 3.63. The standard InChI is InChI=1S/C15H19NS2/c1-10-7-8-13(17-10)15(16-2)14-9-11-5-3-4-6-12(11)18-14/h7-9,15-16H,3-6H2,1-2H3.